The first kappa shape index (κ1) is 19.8. The normalized spacial score (nSPS) is 13.9. The van der Waals surface area contributed by atoms with E-state index in [-0.39, 0.29) is 11.1 Å². The van der Waals surface area contributed by atoms with Crippen LogP contribution in [0.2, 0.25) is 0 Å². The van der Waals surface area contributed by atoms with Crippen molar-refractivity contribution in [3.05, 3.63) is 106 Å². The third-order valence-electron chi connectivity index (χ3n) is 5.54. The Labute approximate surface area is 184 Å². The topological polar surface area (TPSA) is 81.4 Å². The zero-order valence-corrected chi connectivity index (χ0v) is 17.2. The van der Waals surface area contributed by atoms with E-state index in [1.165, 1.54) is 18.2 Å². The van der Waals surface area contributed by atoms with Gasteiger partial charge in [-0.2, -0.15) is 0 Å². The number of nitrogens with zero attached hydrogens (tertiary/aromatic N) is 2. The van der Waals surface area contributed by atoms with Crippen molar-refractivity contribution in [1.82, 2.24) is 9.55 Å². The zero-order chi connectivity index (χ0) is 22.1. The predicted molar refractivity (Wildman–Crippen MR) is 123 cm³/mol. The molecule has 0 atom stereocenters. The summed E-state index contributed by atoms with van der Waals surface area (Å²) >= 11 is 0. The molecule has 0 aliphatic carbocycles. The maximum absolute atomic E-state index is 12.9. The molecule has 4 aromatic rings. The molecule has 158 valence electrons. The van der Waals surface area contributed by atoms with E-state index in [9.17, 15) is 14.7 Å². The molecule has 6 nitrogen and oxygen atoms in total. The highest BCUT2D eigenvalue weighted by molar-refractivity contribution is 5.93. The van der Waals surface area contributed by atoms with Gasteiger partial charge in [0.15, 0.2) is 0 Å². The van der Waals surface area contributed by atoms with E-state index < -0.39 is 5.97 Å². The lowest BCUT2D eigenvalue weighted by atomic mass is 10.1. The number of benzene rings is 3. The Balaban J connectivity index is 1.47. The molecule has 0 unspecified atom stereocenters. The van der Waals surface area contributed by atoms with Gasteiger partial charge >= 0.3 is 5.97 Å². The van der Waals surface area contributed by atoms with Crippen LogP contribution in [0, 0.1) is 0 Å². The van der Waals surface area contributed by atoms with E-state index in [2.05, 4.69) is 4.98 Å². The summed E-state index contributed by atoms with van der Waals surface area (Å²) in [6.45, 7) is 1.03. The lowest BCUT2D eigenvalue weighted by Crippen LogP contribution is -2.21. The Morgan fingerprint density at radius 2 is 1.91 bits per heavy atom. The Morgan fingerprint density at radius 1 is 1.06 bits per heavy atom. The summed E-state index contributed by atoms with van der Waals surface area (Å²) in [5.41, 5.74) is 3.34. The van der Waals surface area contributed by atoms with Crippen LogP contribution in [0.1, 0.15) is 33.7 Å². The lowest BCUT2D eigenvalue weighted by molar-refractivity contribution is 0.0697. The number of ether oxygens (including phenoxy) is 1. The van der Waals surface area contributed by atoms with Crippen molar-refractivity contribution in [3.63, 3.8) is 0 Å². The summed E-state index contributed by atoms with van der Waals surface area (Å²) in [6.07, 6.45) is 2.69. The molecule has 6 heteroatoms. The molecule has 1 aliphatic heterocycles. The Kier molecular flexibility index (Phi) is 5.03. The van der Waals surface area contributed by atoms with Gasteiger partial charge in [0.1, 0.15) is 18.2 Å². The maximum Gasteiger partial charge on any atom is 0.335 e. The van der Waals surface area contributed by atoms with Gasteiger partial charge in [-0.3, -0.25) is 9.36 Å². The molecule has 1 aromatic heterocycles. The molecule has 0 amide bonds. The Morgan fingerprint density at radius 3 is 2.72 bits per heavy atom. The second kappa shape index (κ2) is 8.15. The molecule has 0 bridgehead atoms. The standard InChI is InChI=1S/C26H20N2O4/c29-25-22-10-9-20(26(30)31)15-23(22)27-24-19(11-12-28(24)25)13-18-7-4-8-21(14-18)32-16-17-5-2-1-3-6-17/h1-10,13-15H,11-12,16H2,(H,30,31)/b19-13-. The quantitative estimate of drug-likeness (QED) is 0.506. The zero-order valence-electron chi connectivity index (χ0n) is 17.2. The molecule has 3 aromatic carbocycles. The number of carbonyl (C=O) groups is 1. The van der Waals surface area contributed by atoms with E-state index in [0.717, 1.165) is 22.4 Å². The van der Waals surface area contributed by atoms with Gasteiger partial charge in [0, 0.05) is 6.54 Å². The van der Waals surface area contributed by atoms with Crippen LogP contribution in [0.15, 0.2) is 77.6 Å². The molecule has 0 saturated carbocycles. The van der Waals surface area contributed by atoms with Crippen molar-refractivity contribution < 1.29 is 14.6 Å². The summed E-state index contributed by atoms with van der Waals surface area (Å²) in [5, 5.41) is 9.69. The minimum absolute atomic E-state index is 0.112. The van der Waals surface area contributed by atoms with Crippen LogP contribution < -0.4 is 10.3 Å². The van der Waals surface area contributed by atoms with Crippen LogP contribution in [0.4, 0.5) is 0 Å². The van der Waals surface area contributed by atoms with Gasteiger partial charge in [-0.25, -0.2) is 9.78 Å². The van der Waals surface area contributed by atoms with Crippen molar-refractivity contribution in [2.24, 2.45) is 0 Å². The number of allylic oxidation sites excluding steroid dienone is 1. The first-order valence-electron chi connectivity index (χ1n) is 10.3. The third kappa shape index (κ3) is 3.78. The van der Waals surface area contributed by atoms with Crippen molar-refractivity contribution in [1.29, 1.82) is 0 Å². The highest BCUT2D eigenvalue weighted by Crippen LogP contribution is 2.28. The van der Waals surface area contributed by atoms with Crippen LogP contribution in [0.25, 0.3) is 22.6 Å². The van der Waals surface area contributed by atoms with Gasteiger partial charge in [-0.15, -0.1) is 0 Å². The SMILES string of the molecule is O=C(O)c1ccc2c(=O)n3c(nc2c1)/C(=C\c1cccc(OCc2ccccc2)c1)CC3. The molecule has 0 spiro atoms. The Bertz CT molecular complexity index is 1420. The molecule has 1 aliphatic rings. The highest BCUT2D eigenvalue weighted by Gasteiger charge is 2.21. The first-order chi connectivity index (χ1) is 15.6. The third-order valence-corrected chi connectivity index (χ3v) is 5.54. The average Bonchev–Trinajstić information content (AvgIpc) is 3.21. The summed E-state index contributed by atoms with van der Waals surface area (Å²) in [5.74, 6) is 0.300. The van der Waals surface area contributed by atoms with Crippen LogP contribution in [0.3, 0.4) is 0 Å². The molecule has 0 fully saturated rings. The largest absolute Gasteiger partial charge is 0.489 e. The first-order valence-corrected chi connectivity index (χ1v) is 10.3. The van der Waals surface area contributed by atoms with Gasteiger partial charge in [-0.05, 0) is 59.5 Å². The fourth-order valence-electron chi connectivity index (χ4n) is 3.92. The van der Waals surface area contributed by atoms with Crippen molar-refractivity contribution in [2.75, 3.05) is 0 Å². The van der Waals surface area contributed by atoms with E-state index in [0.29, 0.717) is 36.3 Å². The minimum Gasteiger partial charge on any atom is -0.489 e. The molecule has 0 saturated heterocycles. The smallest absolute Gasteiger partial charge is 0.335 e. The maximum atomic E-state index is 12.9. The summed E-state index contributed by atoms with van der Waals surface area (Å²) in [6, 6.07) is 22.2. The summed E-state index contributed by atoms with van der Waals surface area (Å²) in [7, 11) is 0. The predicted octanol–water partition coefficient (Wildman–Crippen LogP) is 4.62. The summed E-state index contributed by atoms with van der Waals surface area (Å²) in [4.78, 5) is 28.8. The number of hydrogen-bond acceptors (Lipinski definition) is 4. The number of carboxylic acid groups (broad SMARTS) is 1. The lowest BCUT2D eigenvalue weighted by Gasteiger charge is -2.08. The molecular weight excluding hydrogens is 404 g/mol. The van der Waals surface area contributed by atoms with Gasteiger partial charge in [0.05, 0.1) is 16.5 Å². The van der Waals surface area contributed by atoms with E-state index in [1.54, 1.807) is 4.57 Å². The number of aromatic nitrogens is 2. The highest BCUT2D eigenvalue weighted by atomic mass is 16.5. The molecule has 0 radical (unpaired) electrons. The van der Waals surface area contributed by atoms with E-state index in [1.807, 2.05) is 60.7 Å². The second-order valence-electron chi connectivity index (χ2n) is 7.70. The van der Waals surface area contributed by atoms with Gasteiger partial charge in [0.25, 0.3) is 5.56 Å². The monoisotopic (exact) mass is 424 g/mol. The van der Waals surface area contributed by atoms with Crippen molar-refractivity contribution in [3.8, 4) is 5.75 Å². The second-order valence-corrected chi connectivity index (χ2v) is 7.70. The van der Waals surface area contributed by atoms with Gasteiger partial charge in [0.2, 0.25) is 0 Å². The number of rotatable bonds is 5. The van der Waals surface area contributed by atoms with Crippen LogP contribution in [-0.2, 0) is 13.2 Å². The van der Waals surface area contributed by atoms with Crippen LogP contribution >= 0.6 is 0 Å². The van der Waals surface area contributed by atoms with Crippen LogP contribution in [0.5, 0.6) is 5.75 Å². The number of fused-ring (bicyclic) bond motifs is 2. The molecule has 2 heterocycles. The van der Waals surface area contributed by atoms with Gasteiger partial charge < -0.3 is 9.84 Å². The summed E-state index contributed by atoms with van der Waals surface area (Å²) < 4.78 is 7.58. The molecule has 5 rings (SSSR count). The average molecular weight is 424 g/mol. The molecular formula is C26H20N2O4. The fraction of sp³-hybridized carbons (Fsp3) is 0.115. The van der Waals surface area contributed by atoms with Gasteiger partial charge in [-0.1, -0.05) is 42.5 Å². The van der Waals surface area contributed by atoms with E-state index >= 15 is 0 Å². The number of aromatic carboxylic acids is 1. The van der Waals surface area contributed by atoms with E-state index in [4.69, 9.17) is 4.74 Å². The Hall–Kier alpha value is -4.19. The molecule has 32 heavy (non-hydrogen) atoms. The number of carboxylic acids is 1. The van der Waals surface area contributed by atoms with Crippen molar-refractivity contribution in [2.45, 2.75) is 19.6 Å². The van der Waals surface area contributed by atoms with Crippen LogP contribution in [-0.4, -0.2) is 20.6 Å². The molecule has 1 N–H and O–H groups in total. The minimum atomic E-state index is -1.04. The fourth-order valence-corrected chi connectivity index (χ4v) is 3.92. The van der Waals surface area contributed by atoms with Crippen molar-refractivity contribution >= 4 is 28.5 Å². The number of hydrogen-bond donors (Lipinski definition) is 1.